The molecule has 2 aliphatic rings. The summed E-state index contributed by atoms with van der Waals surface area (Å²) in [5.41, 5.74) is 6.49. The number of allylic oxidation sites excluding steroid dienone is 1. The van der Waals surface area contributed by atoms with Crippen molar-refractivity contribution >= 4 is 29.0 Å². The van der Waals surface area contributed by atoms with Crippen molar-refractivity contribution in [1.82, 2.24) is 5.06 Å². The molecule has 0 spiro atoms. The van der Waals surface area contributed by atoms with E-state index in [4.69, 9.17) is 9.47 Å². The van der Waals surface area contributed by atoms with E-state index in [1.807, 2.05) is 85.8 Å². The van der Waals surface area contributed by atoms with Crippen LogP contribution in [-0.4, -0.2) is 42.2 Å². The normalized spacial score (nSPS) is 17.8. The number of aliphatic imine (C=N–C) groups is 1. The van der Waals surface area contributed by atoms with E-state index in [-0.39, 0.29) is 18.0 Å². The second-order valence-corrected chi connectivity index (χ2v) is 10.2. The van der Waals surface area contributed by atoms with Crippen LogP contribution in [0.2, 0.25) is 0 Å². The lowest BCUT2D eigenvalue weighted by atomic mass is 9.97. The molecule has 0 bridgehead atoms. The molecule has 0 saturated heterocycles. The van der Waals surface area contributed by atoms with Crippen LogP contribution in [0, 0.1) is 0 Å². The van der Waals surface area contributed by atoms with Crippen LogP contribution in [0.15, 0.2) is 100 Å². The number of rotatable bonds is 8. The van der Waals surface area contributed by atoms with E-state index in [1.54, 1.807) is 25.7 Å². The quantitative estimate of drug-likeness (QED) is 0.333. The first-order valence-electron chi connectivity index (χ1n) is 12.6. The Morgan fingerprint density at radius 2 is 1.74 bits per heavy atom. The summed E-state index contributed by atoms with van der Waals surface area (Å²) >= 11 is 1.64. The van der Waals surface area contributed by atoms with Crippen LogP contribution in [0.1, 0.15) is 47.9 Å². The van der Waals surface area contributed by atoms with E-state index in [0.29, 0.717) is 30.1 Å². The van der Waals surface area contributed by atoms with Gasteiger partial charge in [-0.3, -0.25) is 10.2 Å². The van der Waals surface area contributed by atoms with E-state index in [1.165, 1.54) is 5.06 Å². The molecule has 38 heavy (non-hydrogen) atoms. The van der Waals surface area contributed by atoms with Gasteiger partial charge in [0.15, 0.2) is 0 Å². The minimum Gasteiger partial charge on any atom is -0.493 e. The van der Waals surface area contributed by atoms with Crippen molar-refractivity contribution < 1.29 is 19.5 Å². The Labute approximate surface area is 227 Å². The lowest BCUT2D eigenvalue weighted by Gasteiger charge is -2.22. The maximum absolute atomic E-state index is 13.0. The van der Waals surface area contributed by atoms with Crippen LogP contribution < -0.4 is 4.74 Å². The van der Waals surface area contributed by atoms with Crippen molar-refractivity contribution in [2.45, 2.75) is 25.6 Å². The number of nitrogens with zero attached hydrogens (tertiary/aromatic N) is 2. The molecule has 3 aromatic carbocycles. The summed E-state index contributed by atoms with van der Waals surface area (Å²) in [6, 6.07) is 25.6. The van der Waals surface area contributed by atoms with Crippen LogP contribution in [-0.2, 0) is 9.53 Å². The number of carbonyl (C=O) groups excluding carboxylic acids is 1. The van der Waals surface area contributed by atoms with Crippen LogP contribution in [0.4, 0.5) is 0 Å². The first kappa shape index (κ1) is 25.8. The molecule has 0 fully saturated rings. The zero-order valence-corrected chi connectivity index (χ0v) is 22.5. The van der Waals surface area contributed by atoms with Gasteiger partial charge < -0.3 is 9.47 Å². The van der Waals surface area contributed by atoms with E-state index in [0.717, 1.165) is 38.4 Å². The van der Waals surface area contributed by atoms with Gasteiger partial charge in [0, 0.05) is 29.5 Å². The molecular formula is C31H30N2O4S. The van der Waals surface area contributed by atoms with Crippen molar-refractivity contribution in [1.29, 1.82) is 0 Å². The number of hydrogen-bond donors (Lipinski definition) is 1. The van der Waals surface area contributed by atoms with E-state index >= 15 is 0 Å². The minimum atomic E-state index is -0.386. The predicted molar refractivity (Wildman–Crippen MR) is 151 cm³/mol. The summed E-state index contributed by atoms with van der Waals surface area (Å²) in [7, 11) is 1.69. The largest absolute Gasteiger partial charge is 0.493 e. The first-order chi connectivity index (χ1) is 18.5. The molecule has 1 heterocycles. The molecule has 3 aromatic rings. The van der Waals surface area contributed by atoms with Gasteiger partial charge in [-0.15, -0.1) is 0 Å². The molecule has 1 unspecified atom stereocenters. The molecule has 0 radical (unpaired) electrons. The maximum atomic E-state index is 13.0. The van der Waals surface area contributed by atoms with Crippen LogP contribution in [0.3, 0.4) is 0 Å². The molecule has 1 aliphatic carbocycles. The van der Waals surface area contributed by atoms with Crippen LogP contribution >= 0.6 is 11.8 Å². The van der Waals surface area contributed by atoms with Crippen molar-refractivity contribution in [2.24, 2.45) is 4.99 Å². The SMILES string of the molecule is CCOC(=O)C1=C(c2ccccc2)c2ccc(OCCC3=C(C)SC(c4ccccc4)N3O)cc2C1=NC. The highest BCUT2D eigenvalue weighted by molar-refractivity contribution is 8.03. The summed E-state index contributed by atoms with van der Waals surface area (Å²) < 4.78 is 11.5. The molecule has 194 valence electrons. The average Bonchev–Trinajstić information content (AvgIpc) is 3.43. The summed E-state index contributed by atoms with van der Waals surface area (Å²) in [6.45, 7) is 4.51. The number of hydrogen-bond acceptors (Lipinski definition) is 7. The molecule has 1 aliphatic heterocycles. The summed E-state index contributed by atoms with van der Waals surface area (Å²) in [6.07, 6.45) is 0.562. The average molecular weight is 527 g/mol. The van der Waals surface area contributed by atoms with Gasteiger partial charge in [-0.05, 0) is 48.7 Å². The molecule has 0 saturated carbocycles. The fourth-order valence-electron chi connectivity index (χ4n) is 4.93. The zero-order chi connectivity index (χ0) is 26.6. The van der Waals surface area contributed by atoms with Crippen molar-refractivity contribution in [2.75, 3.05) is 20.3 Å². The Bertz CT molecular complexity index is 1430. The Kier molecular flexibility index (Phi) is 7.67. The van der Waals surface area contributed by atoms with Gasteiger partial charge >= 0.3 is 5.97 Å². The smallest absolute Gasteiger partial charge is 0.340 e. The third-order valence-corrected chi connectivity index (χ3v) is 7.94. The fraction of sp³-hybridized carbons (Fsp3) is 0.226. The number of benzene rings is 3. The third kappa shape index (κ3) is 4.87. The van der Waals surface area contributed by atoms with Crippen molar-refractivity contribution in [3.63, 3.8) is 0 Å². The predicted octanol–water partition coefficient (Wildman–Crippen LogP) is 6.62. The third-order valence-electron chi connectivity index (χ3n) is 6.65. The lowest BCUT2D eigenvalue weighted by Crippen LogP contribution is -2.19. The zero-order valence-electron chi connectivity index (χ0n) is 21.7. The number of fused-ring (bicyclic) bond motifs is 1. The molecule has 6 nitrogen and oxygen atoms in total. The topological polar surface area (TPSA) is 71.4 Å². The second kappa shape index (κ2) is 11.3. The molecule has 7 heteroatoms. The van der Waals surface area contributed by atoms with Gasteiger partial charge in [0.05, 0.1) is 30.2 Å². The maximum Gasteiger partial charge on any atom is 0.340 e. The van der Waals surface area contributed by atoms with Gasteiger partial charge in [-0.2, -0.15) is 0 Å². The molecule has 1 N–H and O–H groups in total. The second-order valence-electron chi connectivity index (χ2n) is 8.94. The standard InChI is InChI=1S/C31H30N2O4S/c1-4-36-31(34)28-27(21-11-7-5-8-12-21)24-16-15-23(19-25(24)29(28)32-3)37-18-17-26-20(2)38-30(33(26)35)22-13-9-6-10-14-22/h5-16,19,30,35H,4,17-18H2,1-3H3. The fourth-order valence-corrected chi connectivity index (χ4v) is 6.11. The van der Waals surface area contributed by atoms with E-state index in [9.17, 15) is 10.0 Å². The van der Waals surface area contributed by atoms with Crippen molar-refractivity contribution in [3.8, 4) is 5.75 Å². The lowest BCUT2D eigenvalue weighted by molar-refractivity contribution is -0.137. The van der Waals surface area contributed by atoms with Gasteiger partial charge in [0.25, 0.3) is 0 Å². The number of ether oxygens (including phenoxy) is 2. The minimum absolute atomic E-state index is 0.154. The molecule has 0 amide bonds. The molecule has 5 rings (SSSR count). The van der Waals surface area contributed by atoms with Crippen LogP contribution in [0.25, 0.3) is 5.57 Å². The monoisotopic (exact) mass is 526 g/mol. The van der Waals surface area contributed by atoms with Gasteiger partial charge in [-0.25, -0.2) is 9.86 Å². The van der Waals surface area contributed by atoms with Gasteiger partial charge in [0.2, 0.25) is 0 Å². The summed E-state index contributed by atoms with van der Waals surface area (Å²) in [5, 5.41) is 12.1. The Hall–Kier alpha value is -3.81. The van der Waals surface area contributed by atoms with Crippen molar-refractivity contribution in [3.05, 3.63) is 117 Å². The Balaban J connectivity index is 1.35. The number of thioether (sulfide) groups is 1. The number of esters is 1. The van der Waals surface area contributed by atoms with E-state index in [2.05, 4.69) is 4.99 Å². The molecular weight excluding hydrogens is 496 g/mol. The molecule has 0 aromatic heterocycles. The summed E-state index contributed by atoms with van der Waals surface area (Å²) in [5.74, 6) is 0.290. The Morgan fingerprint density at radius 1 is 1.03 bits per heavy atom. The highest BCUT2D eigenvalue weighted by atomic mass is 32.2. The number of hydroxylamine groups is 2. The highest BCUT2D eigenvalue weighted by Gasteiger charge is 2.34. The van der Waals surface area contributed by atoms with Gasteiger partial charge in [-0.1, -0.05) is 72.4 Å². The summed E-state index contributed by atoms with van der Waals surface area (Å²) in [4.78, 5) is 18.6. The number of carbonyl (C=O) groups is 1. The van der Waals surface area contributed by atoms with Gasteiger partial charge in [0.1, 0.15) is 11.1 Å². The Morgan fingerprint density at radius 3 is 2.42 bits per heavy atom. The highest BCUT2D eigenvalue weighted by Crippen LogP contribution is 2.47. The van der Waals surface area contributed by atoms with E-state index < -0.39 is 0 Å². The molecule has 1 atom stereocenters. The van der Waals surface area contributed by atoms with Crippen LogP contribution in [0.5, 0.6) is 5.75 Å². The first-order valence-corrected chi connectivity index (χ1v) is 13.5.